The van der Waals surface area contributed by atoms with Crippen LogP contribution < -0.4 is 5.69 Å². The summed E-state index contributed by atoms with van der Waals surface area (Å²) in [6.45, 7) is 6.05. The second-order valence-corrected chi connectivity index (χ2v) is 6.02. The summed E-state index contributed by atoms with van der Waals surface area (Å²) in [5.74, 6) is 0. The lowest BCUT2D eigenvalue weighted by molar-refractivity contribution is 0.565. The van der Waals surface area contributed by atoms with Gasteiger partial charge in [0.05, 0.1) is 5.69 Å². The molecule has 1 heterocycles. The van der Waals surface area contributed by atoms with Crippen molar-refractivity contribution in [3.8, 4) is 22.4 Å². The zero-order valence-corrected chi connectivity index (χ0v) is 13.7. The van der Waals surface area contributed by atoms with Crippen molar-refractivity contribution < 1.29 is 0 Å². The van der Waals surface area contributed by atoms with Gasteiger partial charge in [-0.3, -0.25) is 4.57 Å². The first-order valence-electron chi connectivity index (χ1n) is 7.82. The Labute approximate surface area is 136 Å². The molecule has 0 N–H and O–H groups in total. The van der Waals surface area contributed by atoms with Crippen LogP contribution in [0.3, 0.4) is 0 Å². The molecule has 1 aromatic heterocycles. The monoisotopic (exact) mass is 304 g/mol. The lowest BCUT2D eigenvalue weighted by atomic mass is 9.99. The summed E-state index contributed by atoms with van der Waals surface area (Å²) in [6, 6.07) is 18.2. The van der Waals surface area contributed by atoms with Crippen molar-refractivity contribution in [1.82, 2.24) is 9.55 Å². The second kappa shape index (κ2) is 6.21. The van der Waals surface area contributed by atoms with Crippen molar-refractivity contribution in [2.24, 2.45) is 0 Å². The van der Waals surface area contributed by atoms with Crippen LogP contribution in [0.25, 0.3) is 22.4 Å². The van der Waals surface area contributed by atoms with E-state index in [-0.39, 0.29) is 11.7 Å². The molecule has 0 saturated heterocycles. The van der Waals surface area contributed by atoms with Gasteiger partial charge in [-0.15, -0.1) is 0 Å². The summed E-state index contributed by atoms with van der Waals surface area (Å²) < 4.78 is 1.68. The van der Waals surface area contributed by atoms with Gasteiger partial charge in [-0.2, -0.15) is 4.98 Å². The first kappa shape index (κ1) is 15.2. The van der Waals surface area contributed by atoms with Gasteiger partial charge in [-0.25, -0.2) is 4.79 Å². The number of hydrogen-bond acceptors (Lipinski definition) is 2. The average molecular weight is 304 g/mol. The van der Waals surface area contributed by atoms with E-state index in [1.165, 1.54) is 5.56 Å². The highest BCUT2D eigenvalue weighted by atomic mass is 16.1. The van der Waals surface area contributed by atoms with Crippen LogP contribution in [-0.4, -0.2) is 9.55 Å². The van der Waals surface area contributed by atoms with E-state index in [2.05, 4.69) is 30.1 Å². The molecule has 0 saturated carbocycles. The molecule has 0 amide bonds. The largest absolute Gasteiger partial charge is 0.348 e. The number of hydrogen-bond donors (Lipinski definition) is 0. The lowest BCUT2D eigenvalue weighted by Gasteiger charge is -2.15. The summed E-state index contributed by atoms with van der Waals surface area (Å²) in [5.41, 5.74) is 4.72. The normalized spacial score (nSPS) is 11.0. The van der Waals surface area contributed by atoms with Gasteiger partial charge >= 0.3 is 5.69 Å². The number of nitrogens with zero attached hydrogens (tertiary/aromatic N) is 2. The number of aromatic nitrogens is 2. The minimum Gasteiger partial charge on any atom is -0.296 e. The average Bonchev–Trinajstić information content (AvgIpc) is 2.55. The SMILES string of the molecule is Cc1cccc(-c2cn(C(C)C)c(=O)nc2-c2ccccc2)c1. The number of benzene rings is 2. The molecule has 0 aliphatic heterocycles. The van der Waals surface area contributed by atoms with E-state index in [1.54, 1.807) is 4.57 Å². The molecule has 3 aromatic rings. The van der Waals surface area contributed by atoms with E-state index >= 15 is 0 Å². The smallest absolute Gasteiger partial charge is 0.296 e. The van der Waals surface area contributed by atoms with Crippen molar-refractivity contribution in [1.29, 1.82) is 0 Å². The fourth-order valence-corrected chi connectivity index (χ4v) is 2.68. The third kappa shape index (κ3) is 3.09. The van der Waals surface area contributed by atoms with Gasteiger partial charge < -0.3 is 0 Å². The van der Waals surface area contributed by atoms with Crippen LogP contribution in [0.2, 0.25) is 0 Å². The van der Waals surface area contributed by atoms with E-state index in [1.807, 2.05) is 56.4 Å². The Balaban J connectivity index is 2.30. The third-order valence-corrected chi connectivity index (χ3v) is 3.88. The molecule has 2 aromatic carbocycles. The number of rotatable bonds is 3. The highest BCUT2D eigenvalue weighted by Gasteiger charge is 2.14. The van der Waals surface area contributed by atoms with Crippen molar-refractivity contribution in [2.45, 2.75) is 26.8 Å². The van der Waals surface area contributed by atoms with E-state index in [0.29, 0.717) is 0 Å². The van der Waals surface area contributed by atoms with Crippen LogP contribution in [0.15, 0.2) is 65.6 Å². The Morgan fingerprint density at radius 2 is 1.65 bits per heavy atom. The molecule has 0 spiro atoms. The molecular formula is C20H20N2O. The summed E-state index contributed by atoms with van der Waals surface area (Å²) in [5, 5.41) is 0. The molecule has 0 unspecified atom stereocenters. The first-order valence-corrected chi connectivity index (χ1v) is 7.82. The fraction of sp³-hybridized carbons (Fsp3) is 0.200. The highest BCUT2D eigenvalue weighted by Crippen LogP contribution is 2.30. The van der Waals surface area contributed by atoms with E-state index in [9.17, 15) is 4.79 Å². The minimum atomic E-state index is -0.213. The summed E-state index contributed by atoms with van der Waals surface area (Å²) >= 11 is 0. The topological polar surface area (TPSA) is 34.9 Å². The zero-order chi connectivity index (χ0) is 16.4. The van der Waals surface area contributed by atoms with Gasteiger partial charge in [0.1, 0.15) is 0 Å². The van der Waals surface area contributed by atoms with Gasteiger partial charge in [0.2, 0.25) is 0 Å². The van der Waals surface area contributed by atoms with E-state index in [0.717, 1.165) is 22.4 Å². The molecule has 3 heteroatoms. The van der Waals surface area contributed by atoms with Crippen molar-refractivity contribution >= 4 is 0 Å². The highest BCUT2D eigenvalue weighted by molar-refractivity contribution is 5.80. The molecule has 0 aliphatic carbocycles. The van der Waals surface area contributed by atoms with Gasteiger partial charge in [0, 0.05) is 23.4 Å². The molecule has 0 fully saturated rings. The molecule has 0 radical (unpaired) electrons. The Morgan fingerprint density at radius 1 is 0.957 bits per heavy atom. The van der Waals surface area contributed by atoms with Gasteiger partial charge in [0.25, 0.3) is 0 Å². The Hall–Kier alpha value is -2.68. The van der Waals surface area contributed by atoms with Crippen LogP contribution in [-0.2, 0) is 0 Å². The van der Waals surface area contributed by atoms with E-state index < -0.39 is 0 Å². The van der Waals surface area contributed by atoms with Crippen molar-refractivity contribution in [3.63, 3.8) is 0 Å². The van der Waals surface area contributed by atoms with Gasteiger partial charge in [-0.05, 0) is 26.3 Å². The Morgan fingerprint density at radius 3 is 2.30 bits per heavy atom. The molecule has 0 aliphatic rings. The van der Waals surface area contributed by atoms with Gasteiger partial charge in [0.15, 0.2) is 0 Å². The maximum Gasteiger partial charge on any atom is 0.348 e. The first-order chi connectivity index (χ1) is 11.1. The van der Waals surface area contributed by atoms with Crippen LogP contribution in [0.4, 0.5) is 0 Å². The van der Waals surface area contributed by atoms with Crippen LogP contribution >= 0.6 is 0 Å². The number of aryl methyl sites for hydroxylation is 1. The molecular weight excluding hydrogens is 284 g/mol. The van der Waals surface area contributed by atoms with Crippen molar-refractivity contribution in [3.05, 3.63) is 76.8 Å². The molecule has 3 nitrogen and oxygen atoms in total. The van der Waals surface area contributed by atoms with Crippen LogP contribution in [0.5, 0.6) is 0 Å². The Bertz CT molecular complexity index is 880. The van der Waals surface area contributed by atoms with Gasteiger partial charge in [-0.1, -0.05) is 60.2 Å². The minimum absolute atomic E-state index is 0.0726. The summed E-state index contributed by atoms with van der Waals surface area (Å²) in [7, 11) is 0. The predicted octanol–water partition coefficient (Wildman–Crippen LogP) is 4.47. The molecule has 0 bridgehead atoms. The maximum absolute atomic E-state index is 12.4. The zero-order valence-electron chi connectivity index (χ0n) is 13.7. The van der Waals surface area contributed by atoms with E-state index in [4.69, 9.17) is 0 Å². The van der Waals surface area contributed by atoms with Crippen LogP contribution in [0.1, 0.15) is 25.5 Å². The third-order valence-electron chi connectivity index (χ3n) is 3.88. The quantitative estimate of drug-likeness (QED) is 0.715. The molecule has 3 rings (SSSR count). The van der Waals surface area contributed by atoms with Crippen molar-refractivity contribution in [2.75, 3.05) is 0 Å². The standard InChI is InChI=1S/C20H20N2O/c1-14(2)22-13-18(17-11-7-8-15(3)12-17)19(21-20(22)23)16-9-5-4-6-10-16/h4-14H,1-3H3. The molecule has 116 valence electrons. The fourth-order valence-electron chi connectivity index (χ4n) is 2.68. The van der Waals surface area contributed by atoms with Crippen LogP contribution in [0, 0.1) is 6.92 Å². The predicted molar refractivity (Wildman–Crippen MR) is 94.5 cm³/mol. The summed E-state index contributed by atoms with van der Waals surface area (Å²) in [4.78, 5) is 16.7. The second-order valence-electron chi connectivity index (χ2n) is 6.02. The Kier molecular flexibility index (Phi) is 4.11. The summed E-state index contributed by atoms with van der Waals surface area (Å²) in [6.07, 6.45) is 1.93. The lowest BCUT2D eigenvalue weighted by Crippen LogP contribution is -2.25. The molecule has 0 atom stereocenters. The maximum atomic E-state index is 12.4. The molecule has 23 heavy (non-hydrogen) atoms.